The Kier molecular flexibility index (Phi) is 4.61. The van der Waals surface area contributed by atoms with Crippen molar-refractivity contribution in [2.24, 2.45) is 0 Å². The first-order valence-electron chi connectivity index (χ1n) is 6.42. The van der Waals surface area contributed by atoms with Gasteiger partial charge in [0.25, 0.3) is 5.91 Å². The molecule has 110 valence electrons. The topological polar surface area (TPSA) is 70.1 Å². The predicted molar refractivity (Wildman–Crippen MR) is 75.4 cm³/mol. The number of nitrogens with zero attached hydrogens (tertiary/aromatic N) is 2. The van der Waals surface area contributed by atoms with Gasteiger partial charge in [-0.05, 0) is 18.4 Å². The van der Waals surface area contributed by atoms with Gasteiger partial charge in [0.2, 0.25) is 0 Å². The monoisotopic (exact) mass is 298 g/mol. The summed E-state index contributed by atoms with van der Waals surface area (Å²) >= 11 is 1.36. The first-order valence-corrected chi connectivity index (χ1v) is 7.30. The van der Waals surface area contributed by atoms with Crippen molar-refractivity contribution in [3.63, 3.8) is 0 Å². The van der Waals surface area contributed by atoms with Crippen LogP contribution in [-0.4, -0.2) is 66.1 Å². The lowest BCUT2D eigenvalue weighted by Crippen LogP contribution is -2.53. The molecule has 1 atom stereocenters. The second kappa shape index (κ2) is 6.23. The van der Waals surface area contributed by atoms with Crippen LogP contribution in [0.15, 0.2) is 11.4 Å². The van der Waals surface area contributed by atoms with Crippen LogP contribution in [0.5, 0.6) is 5.75 Å². The number of piperazine rings is 1. The van der Waals surface area contributed by atoms with E-state index >= 15 is 0 Å². The molecular weight excluding hydrogens is 280 g/mol. The summed E-state index contributed by atoms with van der Waals surface area (Å²) in [4.78, 5) is 27.5. The first kappa shape index (κ1) is 14.8. The minimum atomic E-state index is -0.829. The lowest BCUT2D eigenvalue weighted by atomic mass is 10.2. The molecule has 0 bridgehead atoms. The summed E-state index contributed by atoms with van der Waals surface area (Å²) in [5.41, 5.74) is 0. The Morgan fingerprint density at radius 1 is 1.35 bits per heavy atom. The zero-order valence-corrected chi connectivity index (χ0v) is 12.4. The molecule has 2 heterocycles. The van der Waals surface area contributed by atoms with Crippen molar-refractivity contribution >= 4 is 23.2 Å². The molecule has 1 fully saturated rings. The minimum absolute atomic E-state index is 0.0421. The number of carboxylic acid groups (broad SMARTS) is 1. The van der Waals surface area contributed by atoms with E-state index in [1.165, 1.54) is 11.3 Å². The number of methoxy groups -OCH3 is 1. The van der Waals surface area contributed by atoms with Crippen molar-refractivity contribution in [1.82, 2.24) is 9.80 Å². The lowest BCUT2D eigenvalue weighted by Gasteiger charge is -2.36. The highest BCUT2D eigenvalue weighted by atomic mass is 32.1. The van der Waals surface area contributed by atoms with Crippen molar-refractivity contribution in [1.29, 1.82) is 0 Å². The van der Waals surface area contributed by atoms with E-state index in [4.69, 9.17) is 9.84 Å². The summed E-state index contributed by atoms with van der Waals surface area (Å²) in [6.45, 7) is 3.90. The Balaban J connectivity index is 1.97. The maximum absolute atomic E-state index is 12.4. The maximum atomic E-state index is 12.4. The van der Waals surface area contributed by atoms with Crippen molar-refractivity contribution in [3.05, 3.63) is 16.3 Å². The molecule has 1 aliphatic heterocycles. The average Bonchev–Trinajstić information content (AvgIpc) is 2.94. The van der Waals surface area contributed by atoms with Crippen LogP contribution in [0.1, 0.15) is 16.6 Å². The quantitative estimate of drug-likeness (QED) is 0.897. The Morgan fingerprint density at radius 3 is 2.55 bits per heavy atom. The van der Waals surface area contributed by atoms with Gasteiger partial charge in [-0.15, -0.1) is 11.3 Å². The van der Waals surface area contributed by atoms with Crippen LogP contribution >= 0.6 is 11.3 Å². The molecule has 1 unspecified atom stereocenters. The molecule has 6 nitrogen and oxygen atoms in total. The minimum Gasteiger partial charge on any atom is -0.495 e. The molecule has 20 heavy (non-hydrogen) atoms. The van der Waals surface area contributed by atoms with Crippen LogP contribution in [0.4, 0.5) is 0 Å². The van der Waals surface area contributed by atoms with E-state index < -0.39 is 12.0 Å². The molecule has 1 amide bonds. The third-order valence-corrected chi connectivity index (χ3v) is 4.43. The highest BCUT2D eigenvalue weighted by Gasteiger charge is 2.29. The van der Waals surface area contributed by atoms with Crippen LogP contribution < -0.4 is 4.74 Å². The molecule has 0 aliphatic carbocycles. The van der Waals surface area contributed by atoms with Gasteiger partial charge >= 0.3 is 5.97 Å². The van der Waals surface area contributed by atoms with E-state index in [-0.39, 0.29) is 5.91 Å². The highest BCUT2D eigenvalue weighted by Crippen LogP contribution is 2.26. The molecule has 0 aromatic carbocycles. The number of aliphatic carboxylic acids is 1. The van der Waals surface area contributed by atoms with Crippen molar-refractivity contribution in [2.75, 3.05) is 33.3 Å². The van der Waals surface area contributed by atoms with Crippen LogP contribution in [0.25, 0.3) is 0 Å². The van der Waals surface area contributed by atoms with E-state index in [0.717, 1.165) is 0 Å². The molecule has 1 saturated heterocycles. The van der Waals surface area contributed by atoms with Gasteiger partial charge in [0, 0.05) is 26.2 Å². The van der Waals surface area contributed by atoms with Crippen molar-refractivity contribution < 1.29 is 19.4 Å². The number of carbonyl (C=O) groups is 2. The molecule has 7 heteroatoms. The molecule has 1 aromatic rings. The van der Waals surface area contributed by atoms with E-state index in [9.17, 15) is 9.59 Å². The third-order valence-electron chi connectivity index (χ3n) is 3.55. The summed E-state index contributed by atoms with van der Waals surface area (Å²) < 4.78 is 5.16. The summed E-state index contributed by atoms with van der Waals surface area (Å²) in [6.07, 6.45) is 0. The third kappa shape index (κ3) is 2.94. The number of thiophene rings is 1. The summed E-state index contributed by atoms with van der Waals surface area (Å²) in [6, 6.07) is 1.27. The largest absolute Gasteiger partial charge is 0.495 e. The van der Waals surface area contributed by atoms with Gasteiger partial charge in [-0.3, -0.25) is 14.5 Å². The fourth-order valence-electron chi connectivity index (χ4n) is 2.23. The first-order chi connectivity index (χ1) is 9.54. The fraction of sp³-hybridized carbons (Fsp3) is 0.538. The SMILES string of the molecule is COc1ccsc1C(=O)N1CCN(C(C)C(=O)O)CC1. The lowest BCUT2D eigenvalue weighted by molar-refractivity contribution is -0.143. The van der Waals surface area contributed by atoms with Crippen LogP contribution in [0, 0.1) is 0 Å². The molecule has 0 saturated carbocycles. The smallest absolute Gasteiger partial charge is 0.320 e. The fourth-order valence-corrected chi connectivity index (χ4v) is 3.05. The van der Waals surface area contributed by atoms with Crippen molar-refractivity contribution in [2.45, 2.75) is 13.0 Å². The van der Waals surface area contributed by atoms with Gasteiger partial charge < -0.3 is 14.7 Å². The van der Waals surface area contributed by atoms with Crippen molar-refractivity contribution in [3.8, 4) is 5.75 Å². The molecule has 1 aromatic heterocycles. The molecule has 1 aliphatic rings. The number of rotatable bonds is 4. The zero-order chi connectivity index (χ0) is 14.7. The van der Waals surface area contributed by atoms with E-state index in [0.29, 0.717) is 36.8 Å². The van der Waals surface area contributed by atoms with Gasteiger partial charge in [0.15, 0.2) is 0 Å². The van der Waals surface area contributed by atoms with E-state index in [1.807, 2.05) is 10.3 Å². The van der Waals surface area contributed by atoms with Crippen LogP contribution in [-0.2, 0) is 4.79 Å². The zero-order valence-electron chi connectivity index (χ0n) is 11.5. The average molecular weight is 298 g/mol. The number of hydrogen-bond acceptors (Lipinski definition) is 5. The molecular formula is C13H18N2O4S. The Hall–Kier alpha value is -1.60. The Labute approximate surface area is 121 Å². The van der Waals surface area contributed by atoms with E-state index in [1.54, 1.807) is 25.0 Å². The van der Waals surface area contributed by atoms with E-state index in [2.05, 4.69) is 0 Å². The number of carboxylic acids is 1. The summed E-state index contributed by atoms with van der Waals surface area (Å²) in [7, 11) is 1.55. The second-order valence-corrected chi connectivity index (χ2v) is 5.58. The molecule has 0 spiro atoms. The molecule has 2 rings (SSSR count). The van der Waals surface area contributed by atoms with Gasteiger partial charge in [-0.2, -0.15) is 0 Å². The standard InChI is InChI=1S/C13H18N2O4S/c1-9(13(17)18)14-4-6-15(7-5-14)12(16)11-10(19-2)3-8-20-11/h3,8-9H,4-7H2,1-2H3,(H,17,18). The number of carbonyl (C=O) groups excluding carboxylic acids is 1. The van der Waals surface area contributed by atoms with Gasteiger partial charge in [0.05, 0.1) is 7.11 Å². The van der Waals surface area contributed by atoms with Gasteiger partial charge in [-0.1, -0.05) is 0 Å². The van der Waals surface area contributed by atoms with Crippen LogP contribution in [0.2, 0.25) is 0 Å². The number of ether oxygens (including phenoxy) is 1. The summed E-state index contributed by atoms with van der Waals surface area (Å²) in [5, 5.41) is 10.8. The maximum Gasteiger partial charge on any atom is 0.320 e. The molecule has 0 radical (unpaired) electrons. The van der Waals surface area contributed by atoms with Crippen LogP contribution in [0.3, 0.4) is 0 Å². The summed E-state index contributed by atoms with van der Waals surface area (Å²) in [5.74, 6) is -0.273. The normalized spacial score (nSPS) is 17.8. The predicted octanol–water partition coefficient (Wildman–Crippen LogP) is 0.988. The molecule has 1 N–H and O–H groups in total. The number of hydrogen-bond donors (Lipinski definition) is 1. The number of amides is 1. The Bertz CT molecular complexity index is 494. The Morgan fingerprint density at radius 2 is 2.00 bits per heavy atom. The highest BCUT2D eigenvalue weighted by molar-refractivity contribution is 7.12. The van der Waals surface area contributed by atoms with Gasteiger partial charge in [0.1, 0.15) is 16.7 Å². The van der Waals surface area contributed by atoms with Gasteiger partial charge in [-0.25, -0.2) is 0 Å². The second-order valence-electron chi connectivity index (χ2n) is 4.66.